The third-order valence-electron chi connectivity index (χ3n) is 2.96. The van der Waals surface area contributed by atoms with Crippen molar-refractivity contribution in [2.24, 2.45) is 0 Å². The van der Waals surface area contributed by atoms with Crippen molar-refractivity contribution >= 4 is 23.4 Å². The molecule has 0 heterocycles. The molecule has 0 aliphatic carbocycles. The molecule has 22 heavy (non-hydrogen) atoms. The van der Waals surface area contributed by atoms with E-state index in [0.29, 0.717) is 10.6 Å². The van der Waals surface area contributed by atoms with Gasteiger partial charge in [0, 0.05) is 16.7 Å². The van der Waals surface area contributed by atoms with Gasteiger partial charge in [0.15, 0.2) is 6.10 Å². The summed E-state index contributed by atoms with van der Waals surface area (Å²) in [6.07, 6.45) is -1.04. The molecule has 0 aliphatic rings. The lowest BCUT2D eigenvalue weighted by Gasteiger charge is -2.13. The van der Waals surface area contributed by atoms with Gasteiger partial charge in [-0.05, 0) is 31.2 Å². The van der Waals surface area contributed by atoms with E-state index in [2.05, 4.69) is 0 Å². The molecule has 5 nitrogen and oxygen atoms in total. The third-order valence-corrected chi connectivity index (χ3v) is 3.20. The highest BCUT2D eigenvalue weighted by Crippen LogP contribution is 2.24. The molecule has 0 aliphatic heterocycles. The van der Waals surface area contributed by atoms with Gasteiger partial charge in [-0.2, -0.15) is 0 Å². The van der Waals surface area contributed by atoms with Gasteiger partial charge in [0.25, 0.3) is 0 Å². The van der Waals surface area contributed by atoms with E-state index in [1.54, 1.807) is 18.2 Å². The van der Waals surface area contributed by atoms with Gasteiger partial charge < -0.3 is 14.9 Å². The second-order valence-corrected chi connectivity index (χ2v) is 5.06. The molecule has 114 valence electrons. The van der Waals surface area contributed by atoms with Crippen molar-refractivity contribution in [2.45, 2.75) is 13.0 Å². The number of esters is 1. The van der Waals surface area contributed by atoms with Crippen LogP contribution in [0.1, 0.15) is 27.6 Å². The number of phenolic OH excluding ortho intramolecular Hbond substituents is 2. The lowest BCUT2D eigenvalue weighted by Crippen LogP contribution is -2.24. The zero-order valence-corrected chi connectivity index (χ0v) is 12.4. The summed E-state index contributed by atoms with van der Waals surface area (Å²) >= 11 is 5.81. The Morgan fingerprint density at radius 2 is 1.86 bits per heavy atom. The van der Waals surface area contributed by atoms with Gasteiger partial charge in [-0.15, -0.1) is 0 Å². The van der Waals surface area contributed by atoms with Crippen molar-refractivity contribution in [1.29, 1.82) is 0 Å². The molecule has 0 fully saturated rings. The summed E-state index contributed by atoms with van der Waals surface area (Å²) in [5, 5.41) is 19.2. The van der Waals surface area contributed by atoms with Gasteiger partial charge in [-0.3, -0.25) is 4.79 Å². The van der Waals surface area contributed by atoms with Crippen molar-refractivity contribution in [1.82, 2.24) is 0 Å². The minimum Gasteiger partial charge on any atom is -0.508 e. The van der Waals surface area contributed by atoms with E-state index >= 15 is 0 Å². The van der Waals surface area contributed by atoms with E-state index in [4.69, 9.17) is 16.3 Å². The molecular weight excluding hydrogens is 308 g/mol. The van der Waals surface area contributed by atoms with Crippen molar-refractivity contribution < 1.29 is 24.5 Å². The SMILES string of the molecule is C[C@H](OC(=O)c1ccc(O)cc1O)C(=O)c1cccc(Cl)c1. The first kappa shape index (κ1) is 15.9. The van der Waals surface area contributed by atoms with Crippen LogP contribution in [0.15, 0.2) is 42.5 Å². The van der Waals surface area contributed by atoms with E-state index in [-0.39, 0.29) is 11.3 Å². The second kappa shape index (κ2) is 6.49. The van der Waals surface area contributed by atoms with Crippen LogP contribution in [0.4, 0.5) is 0 Å². The molecule has 2 rings (SSSR count). The molecule has 1 atom stereocenters. The van der Waals surface area contributed by atoms with E-state index in [1.165, 1.54) is 25.1 Å². The van der Waals surface area contributed by atoms with Gasteiger partial charge in [0.1, 0.15) is 17.1 Å². The lowest BCUT2D eigenvalue weighted by molar-refractivity contribution is 0.0316. The predicted octanol–water partition coefficient (Wildman–Crippen LogP) is 3.18. The topological polar surface area (TPSA) is 83.8 Å². The van der Waals surface area contributed by atoms with Crippen LogP contribution >= 0.6 is 11.6 Å². The van der Waals surface area contributed by atoms with Gasteiger partial charge in [0.05, 0.1) is 0 Å². The molecule has 0 radical (unpaired) electrons. The fraction of sp³-hybridized carbons (Fsp3) is 0.125. The quantitative estimate of drug-likeness (QED) is 0.667. The molecule has 0 spiro atoms. The number of carbonyl (C=O) groups excluding carboxylic acids is 2. The summed E-state index contributed by atoms with van der Waals surface area (Å²) in [6, 6.07) is 9.76. The van der Waals surface area contributed by atoms with Gasteiger partial charge in [0.2, 0.25) is 5.78 Å². The standard InChI is InChI=1S/C16H13ClO5/c1-9(15(20)10-3-2-4-11(17)7-10)22-16(21)13-6-5-12(18)8-14(13)19/h2-9,18-19H,1H3/t9-/m0/s1. The Bertz CT molecular complexity index is 726. The smallest absolute Gasteiger partial charge is 0.342 e. The van der Waals surface area contributed by atoms with Gasteiger partial charge >= 0.3 is 5.97 Å². The number of Topliss-reactive ketones (excluding diaryl/α,β-unsaturated/α-hetero) is 1. The first-order valence-corrected chi connectivity index (χ1v) is 6.79. The van der Waals surface area contributed by atoms with Crippen LogP contribution in [0, 0.1) is 0 Å². The fourth-order valence-corrected chi connectivity index (χ4v) is 2.04. The summed E-state index contributed by atoms with van der Waals surface area (Å²) in [7, 11) is 0. The number of halogens is 1. The Balaban J connectivity index is 2.12. The molecule has 0 unspecified atom stereocenters. The summed E-state index contributed by atoms with van der Waals surface area (Å²) in [4.78, 5) is 24.1. The first-order chi connectivity index (χ1) is 10.4. The molecule has 0 bridgehead atoms. The molecule has 6 heteroatoms. The number of carbonyl (C=O) groups is 2. The maximum absolute atomic E-state index is 12.2. The molecule has 0 amide bonds. The van der Waals surface area contributed by atoms with Crippen LogP contribution < -0.4 is 0 Å². The summed E-state index contributed by atoms with van der Waals surface area (Å²) in [5.74, 6) is -1.88. The Morgan fingerprint density at radius 1 is 1.14 bits per heavy atom. The largest absolute Gasteiger partial charge is 0.508 e. The first-order valence-electron chi connectivity index (χ1n) is 6.41. The van der Waals surface area contributed by atoms with Crippen LogP contribution in [-0.4, -0.2) is 28.1 Å². The number of hydrogen-bond acceptors (Lipinski definition) is 5. The Kier molecular flexibility index (Phi) is 4.68. The van der Waals surface area contributed by atoms with Crippen LogP contribution in [0.25, 0.3) is 0 Å². The van der Waals surface area contributed by atoms with E-state index < -0.39 is 23.6 Å². The second-order valence-electron chi connectivity index (χ2n) is 4.62. The molecule has 0 aromatic heterocycles. The average molecular weight is 321 g/mol. The number of aromatic hydroxyl groups is 2. The number of benzene rings is 2. The minimum absolute atomic E-state index is 0.136. The van der Waals surface area contributed by atoms with E-state index in [1.807, 2.05) is 0 Å². The van der Waals surface area contributed by atoms with Crippen LogP contribution in [0.5, 0.6) is 11.5 Å². The number of ether oxygens (including phenoxy) is 1. The zero-order chi connectivity index (χ0) is 16.3. The molecule has 2 N–H and O–H groups in total. The van der Waals surface area contributed by atoms with Gasteiger partial charge in [-0.1, -0.05) is 23.7 Å². The lowest BCUT2D eigenvalue weighted by atomic mass is 10.1. The van der Waals surface area contributed by atoms with Crippen LogP contribution in [0.3, 0.4) is 0 Å². The maximum Gasteiger partial charge on any atom is 0.342 e. The predicted molar refractivity (Wildman–Crippen MR) is 80.4 cm³/mol. The van der Waals surface area contributed by atoms with Crippen LogP contribution in [0.2, 0.25) is 5.02 Å². The van der Waals surface area contributed by atoms with Crippen molar-refractivity contribution in [3.63, 3.8) is 0 Å². The number of rotatable bonds is 4. The normalized spacial score (nSPS) is 11.7. The van der Waals surface area contributed by atoms with E-state index in [0.717, 1.165) is 6.07 Å². The van der Waals surface area contributed by atoms with Crippen molar-refractivity contribution in [2.75, 3.05) is 0 Å². The fourth-order valence-electron chi connectivity index (χ4n) is 1.85. The third kappa shape index (κ3) is 3.56. The van der Waals surface area contributed by atoms with Crippen molar-refractivity contribution in [3.8, 4) is 11.5 Å². The molecule has 0 saturated heterocycles. The minimum atomic E-state index is -1.04. The monoisotopic (exact) mass is 320 g/mol. The highest BCUT2D eigenvalue weighted by molar-refractivity contribution is 6.31. The molecular formula is C16H13ClO5. The van der Waals surface area contributed by atoms with E-state index in [9.17, 15) is 19.8 Å². The molecule has 0 saturated carbocycles. The summed E-state index contributed by atoms with van der Waals surface area (Å²) in [6.45, 7) is 1.43. The zero-order valence-electron chi connectivity index (χ0n) is 11.6. The highest BCUT2D eigenvalue weighted by Gasteiger charge is 2.22. The van der Waals surface area contributed by atoms with Crippen molar-refractivity contribution in [3.05, 3.63) is 58.6 Å². The Hall–Kier alpha value is -2.53. The Labute approximate surface area is 131 Å². The molecule has 2 aromatic carbocycles. The number of ketones is 1. The van der Waals surface area contributed by atoms with Gasteiger partial charge in [-0.25, -0.2) is 4.79 Å². The summed E-state index contributed by atoms with van der Waals surface area (Å²) in [5.41, 5.74) is 0.186. The summed E-state index contributed by atoms with van der Waals surface area (Å²) < 4.78 is 5.04. The highest BCUT2D eigenvalue weighted by atomic mass is 35.5. The average Bonchev–Trinajstić information content (AvgIpc) is 2.46. The Morgan fingerprint density at radius 3 is 2.50 bits per heavy atom. The number of hydrogen-bond donors (Lipinski definition) is 2. The molecule has 2 aromatic rings. The number of phenols is 2. The maximum atomic E-state index is 12.2. The van der Waals surface area contributed by atoms with Crippen LogP contribution in [-0.2, 0) is 4.74 Å².